The number of amides is 2. The highest BCUT2D eigenvalue weighted by atomic mass is 16.5. The van der Waals surface area contributed by atoms with Gasteiger partial charge in [0.25, 0.3) is 0 Å². The van der Waals surface area contributed by atoms with Crippen LogP contribution in [0.5, 0.6) is 0 Å². The molecule has 2 unspecified atom stereocenters. The summed E-state index contributed by atoms with van der Waals surface area (Å²) >= 11 is 0. The molecule has 6 rings (SSSR count). The van der Waals surface area contributed by atoms with Crippen molar-refractivity contribution in [2.75, 3.05) is 19.7 Å². The highest BCUT2D eigenvalue weighted by molar-refractivity contribution is 5.91. The minimum atomic E-state index is -0.962. The molecule has 0 radical (unpaired) electrons. The van der Waals surface area contributed by atoms with Crippen LogP contribution in [0, 0.1) is 17.8 Å². The number of aliphatic carboxylic acids is 1. The van der Waals surface area contributed by atoms with Crippen LogP contribution in [0.1, 0.15) is 49.1 Å². The third-order valence-corrected chi connectivity index (χ3v) is 8.57. The predicted octanol–water partition coefficient (Wildman–Crippen LogP) is 4.02. The van der Waals surface area contributed by atoms with Crippen LogP contribution in [-0.4, -0.2) is 53.2 Å². The van der Waals surface area contributed by atoms with Crippen LogP contribution in [0.2, 0.25) is 0 Å². The Morgan fingerprint density at radius 1 is 0.914 bits per heavy atom. The Kier molecular flexibility index (Phi) is 5.31. The number of likely N-dealkylation sites (tertiary alicyclic amines) is 1. The number of alkyl carbamates (subject to hydrolysis) is 1. The van der Waals surface area contributed by atoms with Crippen molar-refractivity contribution < 1.29 is 24.2 Å². The second-order valence-electron chi connectivity index (χ2n) is 10.5. The number of rotatable bonds is 5. The zero-order valence-corrected chi connectivity index (χ0v) is 19.6. The molecule has 4 aliphatic rings. The lowest BCUT2D eigenvalue weighted by Gasteiger charge is -2.39. The average molecular weight is 475 g/mol. The monoisotopic (exact) mass is 474 g/mol. The second kappa shape index (κ2) is 8.40. The number of benzene rings is 2. The molecule has 1 aliphatic heterocycles. The number of ether oxygens (including phenoxy) is 1. The van der Waals surface area contributed by atoms with Crippen molar-refractivity contribution in [3.05, 3.63) is 59.7 Å². The van der Waals surface area contributed by atoms with Gasteiger partial charge in [-0.25, -0.2) is 4.79 Å². The molecule has 0 spiro atoms. The molecule has 3 aliphatic carbocycles. The molecular weight excluding hydrogens is 444 g/mol. The standard InChI is InChI=1S/C28H30N2O5/c31-25(32)24-21-14-30(15-22(21)24)26(33)28(12-6-1-7-13-28)29-27(34)35-16-23-19-10-4-2-8-17(19)18-9-3-5-11-20(18)23/h2-5,8-11,21-24H,1,6-7,12-16H2,(H,29,34)(H,31,32). The first-order valence-electron chi connectivity index (χ1n) is 12.6. The van der Waals surface area contributed by atoms with E-state index in [0.717, 1.165) is 30.4 Å². The number of carbonyl (C=O) groups excluding carboxylic acids is 2. The summed E-state index contributed by atoms with van der Waals surface area (Å²) in [4.78, 5) is 39.7. The van der Waals surface area contributed by atoms with Gasteiger partial charge in [0.05, 0.1) is 5.92 Å². The maximum atomic E-state index is 13.6. The molecule has 0 aromatic heterocycles. The topological polar surface area (TPSA) is 95.9 Å². The maximum Gasteiger partial charge on any atom is 0.408 e. The zero-order chi connectivity index (χ0) is 24.2. The fourth-order valence-electron chi connectivity index (χ4n) is 6.74. The fraction of sp³-hybridized carbons (Fsp3) is 0.464. The van der Waals surface area contributed by atoms with Crippen LogP contribution in [0.4, 0.5) is 4.79 Å². The smallest absolute Gasteiger partial charge is 0.408 e. The molecule has 1 saturated heterocycles. The number of carboxylic acid groups (broad SMARTS) is 1. The van der Waals surface area contributed by atoms with Gasteiger partial charge in [0, 0.05) is 19.0 Å². The Balaban J connectivity index is 1.14. The molecule has 2 atom stereocenters. The number of piperidine rings is 1. The van der Waals surface area contributed by atoms with Crippen molar-refractivity contribution >= 4 is 18.0 Å². The minimum absolute atomic E-state index is 0.0372. The van der Waals surface area contributed by atoms with Gasteiger partial charge in [0.1, 0.15) is 12.1 Å². The summed E-state index contributed by atoms with van der Waals surface area (Å²) < 4.78 is 5.76. The summed E-state index contributed by atoms with van der Waals surface area (Å²) in [5, 5.41) is 12.3. The summed E-state index contributed by atoms with van der Waals surface area (Å²) in [6, 6.07) is 16.4. The number of carboxylic acids is 1. The largest absolute Gasteiger partial charge is 0.481 e. The first kappa shape index (κ1) is 22.1. The fourth-order valence-corrected chi connectivity index (χ4v) is 6.74. The lowest BCUT2D eigenvalue weighted by Crippen LogP contribution is -2.60. The van der Waals surface area contributed by atoms with Gasteiger partial charge in [0.2, 0.25) is 5.91 Å². The lowest BCUT2D eigenvalue weighted by atomic mass is 9.80. The summed E-state index contributed by atoms with van der Waals surface area (Å²) in [7, 11) is 0. The average Bonchev–Trinajstić information content (AvgIpc) is 3.23. The molecule has 2 saturated carbocycles. The van der Waals surface area contributed by atoms with Crippen LogP contribution >= 0.6 is 0 Å². The second-order valence-corrected chi connectivity index (χ2v) is 10.5. The summed E-state index contributed by atoms with van der Waals surface area (Å²) in [5.41, 5.74) is 3.67. The van der Waals surface area contributed by atoms with Crippen molar-refractivity contribution in [2.24, 2.45) is 17.8 Å². The van der Waals surface area contributed by atoms with E-state index in [4.69, 9.17) is 4.74 Å². The molecule has 2 aromatic carbocycles. The predicted molar refractivity (Wildman–Crippen MR) is 129 cm³/mol. The van der Waals surface area contributed by atoms with Gasteiger partial charge in [-0.05, 0) is 46.9 Å². The first-order chi connectivity index (χ1) is 17.0. The zero-order valence-electron chi connectivity index (χ0n) is 19.6. The van der Waals surface area contributed by atoms with Gasteiger partial charge in [-0.3, -0.25) is 9.59 Å². The lowest BCUT2D eigenvalue weighted by molar-refractivity contribution is -0.143. The Morgan fingerprint density at radius 3 is 2.06 bits per heavy atom. The molecule has 7 nitrogen and oxygen atoms in total. The van der Waals surface area contributed by atoms with Crippen molar-refractivity contribution in [1.29, 1.82) is 0 Å². The van der Waals surface area contributed by atoms with Crippen molar-refractivity contribution in [3.8, 4) is 11.1 Å². The number of nitrogens with one attached hydrogen (secondary N) is 1. The van der Waals surface area contributed by atoms with E-state index < -0.39 is 17.6 Å². The molecule has 35 heavy (non-hydrogen) atoms. The van der Waals surface area contributed by atoms with Gasteiger partial charge in [-0.2, -0.15) is 0 Å². The molecule has 2 N–H and O–H groups in total. The highest BCUT2D eigenvalue weighted by Gasteiger charge is 2.62. The molecule has 3 fully saturated rings. The summed E-state index contributed by atoms with van der Waals surface area (Å²) in [6.45, 7) is 1.14. The van der Waals surface area contributed by atoms with Gasteiger partial charge in [-0.15, -0.1) is 0 Å². The molecule has 7 heteroatoms. The van der Waals surface area contributed by atoms with E-state index in [9.17, 15) is 19.5 Å². The van der Waals surface area contributed by atoms with Crippen LogP contribution in [0.25, 0.3) is 11.1 Å². The van der Waals surface area contributed by atoms with Gasteiger partial charge < -0.3 is 20.1 Å². The number of hydrogen-bond donors (Lipinski definition) is 2. The molecule has 0 bridgehead atoms. The maximum absolute atomic E-state index is 13.6. The summed E-state index contributed by atoms with van der Waals surface area (Å²) in [5.74, 6) is -1.11. The quantitative estimate of drug-likeness (QED) is 0.683. The van der Waals surface area contributed by atoms with E-state index in [2.05, 4.69) is 29.6 Å². The van der Waals surface area contributed by atoms with E-state index in [0.29, 0.717) is 25.9 Å². The van der Waals surface area contributed by atoms with E-state index in [1.54, 1.807) is 4.90 Å². The SMILES string of the molecule is O=C(NC1(C(=O)N2CC3C(C2)C3C(=O)O)CCCCC1)OCC1c2ccccc2-c2ccccc21. The van der Waals surface area contributed by atoms with Crippen LogP contribution in [0.3, 0.4) is 0 Å². The van der Waals surface area contributed by atoms with Crippen molar-refractivity contribution in [1.82, 2.24) is 10.2 Å². The third kappa shape index (κ3) is 3.68. The van der Waals surface area contributed by atoms with Crippen molar-refractivity contribution in [2.45, 2.75) is 43.6 Å². The van der Waals surface area contributed by atoms with Gasteiger partial charge >= 0.3 is 12.1 Å². The molecule has 2 amide bonds. The number of hydrogen-bond acceptors (Lipinski definition) is 4. The Labute approximate surface area is 204 Å². The molecule has 2 aromatic rings. The Morgan fingerprint density at radius 2 is 1.49 bits per heavy atom. The third-order valence-electron chi connectivity index (χ3n) is 8.57. The molecular formula is C28H30N2O5. The Hall–Kier alpha value is -3.35. The minimum Gasteiger partial charge on any atom is -0.481 e. The molecule has 182 valence electrons. The number of nitrogens with zero attached hydrogens (tertiary/aromatic N) is 1. The highest BCUT2D eigenvalue weighted by Crippen LogP contribution is 2.52. The van der Waals surface area contributed by atoms with Crippen LogP contribution in [-0.2, 0) is 14.3 Å². The first-order valence-corrected chi connectivity index (χ1v) is 12.6. The van der Waals surface area contributed by atoms with E-state index in [1.807, 2.05) is 24.3 Å². The van der Waals surface area contributed by atoms with E-state index in [-0.39, 0.29) is 36.2 Å². The van der Waals surface area contributed by atoms with Crippen LogP contribution < -0.4 is 5.32 Å². The number of carbonyl (C=O) groups is 3. The van der Waals surface area contributed by atoms with Gasteiger partial charge in [0.15, 0.2) is 0 Å². The van der Waals surface area contributed by atoms with E-state index >= 15 is 0 Å². The van der Waals surface area contributed by atoms with E-state index in [1.165, 1.54) is 11.1 Å². The number of fused-ring (bicyclic) bond motifs is 4. The normalized spacial score (nSPS) is 25.8. The van der Waals surface area contributed by atoms with Crippen LogP contribution in [0.15, 0.2) is 48.5 Å². The Bertz CT molecular complexity index is 1130. The van der Waals surface area contributed by atoms with Gasteiger partial charge in [-0.1, -0.05) is 67.8 Å². The van der Waals surface area contributed by atoms with Crippen molar-refractivity contribution in [3.63, 3.8) is 0 Å². The summed E-state index contributed by atoms with van der Waals surface area (Å²) in [6.07, 6.45) is 3.39. The molecule has 1 heterocycles.